The zero-order valence-electron chi connectivity index (χ0n) is 11.6. The van der Waals surface area contributed by atoms with E-state index in [2.05, 4.69) is 6.92 Å². The highest BCUT2D eigenvalue weighted by Crippen LogP contribution is 2.29. The van der Waals surface area contributed by atoms with Crippen LogP contribution in [0.15, 0.2) is 22.8 Å². The lowest BCUT2D eigenvalue weighted by Crippen LogP contribution is -2.06. The molecule has 0 amide bonds. The molecular formula is C16H26O. The highest BCUT2D eigenvalue weighted by atomic mass is 16.1. The van der Waals surface area contributed by atoms with Crippen molar-refractivity contribution in [2.24, 2.45) is 5.92 Å². The molecule has 0 spiro atoms. The van der Waals surface area contributed by atoms with E-state index in [1.807, 2.05) is 19.9 Å². The third-order valence-electron chi connectivity index (χ3n) is 3.72. The van der Waals surface area contributed by atoms with Gasteiger partial charge in [0.15, 0.2) is 0 Å². The SMILES string of the molecule is CC(C)=C/C(C=O)=C(/C)CCC1CCCCC1. The van der Waals surface area contributed by atoms with Crippen molar-refractivity contribution in [2.45, 2.75) is 65.7 Å². The molecule has 0 N–H and O–H groups in total. The van der Waals surface area contributed by atoms with Crippen molar-refractivity contribution in [1.29, 1.82) is 0 Å². The zero-order chi connectivity index (χ0) is 12.7. The topological polar surface area (TPSA) is 17.1 Å². The van der Waals surface area contributed by atoms with Crippen LogP contribution < -0.4 is 0 Å². The van der Waals surface area contributed by atoms with Gasteiger partial charge < -0.3 is 0 Å². The number of carbonyl (C=O) groups is 1. The molecule has 0 aromatic heterocycles. The van der Waals surface area contributed by atoms with Gasteiger partial charge >= 0.3 is 0 Å². The second-order valence-corrected chi connectivity index (χ2v) is 5.62. The second-order valence-electron chi connectivity index (χ2n) is 5.62. The molecule has 1 aliphatic rings. The first-order chi connectivity index (χ1) is 8.13. The fourth-order valence-corrected chi connectivity index (χ4v) is 2.61. The van der Waals surface area contributed by atoms with Crippen LogP contribution in [0.2, 0.25) is 0 Å². The normalized spacial score (nSPS) is 18.5. The summed E-state index contributed by atoms with van der Waals surface area (Å²) in [5.41, 5.74) is 3.34. The summed E-state index contributed by atoms with van der Waals surface area (Å²) in [6.45, 7) is 6.18. The fraction of sp³-hybridized carbons (Fsp3) is 0.688. The molecule has 17 heavy (non-hydrogen) atoms. The average Bonchev–Trinajstić information content (AvgIpc) is 2.34. The number of allylic oxidation sites excluding steroid dienone is 4. The summed E-state index contributed by atoms with van der Waals surface area (Å²) in [5, 5.41) is 0. The van der Waals surface area contributed by atoms with Crippen molar-refractivity contribution in [3.8, 4) is 0 Å². The van der Waals surface area contributed by atoms with Gasteiger partial charge in [0.05, 0.1) is 0 Å². The van der Waals surface area contributed by atoms with Crippen LogP contribution in [0.25, 0.3) is 0 Å². The lowest BCUT2D eigenvalue weighted by atomic mass is 9.85. The molecule has 0 bridgehead atoms. The Kier molecular flexibility index (Phi) is 6.25. The van der Waals surface area contributed by atoms with Gasteiger partial charge in [-0.25, -0.2) is 0 Å². The molecule has 1 nitrogen and oxygen atoms in total. The van der Waals surface area contributed by atoms with Gasteiger partial charge in [0, 0.05) is 5.57 Å². The van der Waals surface area contributed by atoms with Crippen molar-refractivity contribution >= 4 is 6.29 Å². The van der Waals surface area contributed by atoms with E-state index in [1.54, 1.807) is 0 Å². The van der Waals surface area contributed by atoms with E-state index < -0.39 is 0 Å². The van der Waals surface area contributed by atoms with E-state index in [9.17, 15) is 4.79 Å². The molecule has 0 aliphatic heterocycles. The summed E-state index contributed by atoms with van der Waals surface area (Å²) in [7, 11) is 0. The summed E-state index contributed by atoms with van der Waals surface area (Å²) in [6, 6.07) is 0. The van der Waals surface area contributed by atoms with Crippen molar-refractivity contribution < 1.29 is 4.79 Å². The number of rotatable bonds is 5. The number of aldehydes is 1. The van der Waals surface area contributed by atoms with Gasteiger partial charge in [-0.3, -0.25) is 4.79 Å². The van der Waals surface area contributed by atoms with E-state index >= 15 is 0 Å². The van der Waals surface area contributed by atoms with Crippen LogP contribution in [0.4, 0.5) is 0 Å². The predicted octanol–water partition coefficient (Wildman–Crippen LogP) is 4.83. The smallest absolute Gasteiger partial charge is 0.149 e. The minimum Gasteiger partial charge on any atom is -0.298 e. The third-order valence-corrected chi connectivity index (χ3v) is 3.72. The Morgan fingerprint density at radius 3 is 2.29 bits per heavy atom. The van der Waals surface area contributed by atoms with Gasteiger partial charge in [-0.1, -0.05) is 49.3 Å². The summed E-state index contributed by atoms with van der Waals surface area (Å²) >= 11 is 0. The van der Waals surface area contributed by atoms with Crippen LogP contribution in [0.3, 0.4) is 0 Å². The number of hydrogen-bond acceptors (Lipinski definition) is 1. The molecular weight excluding hydrogens is 208 g/mol. The Hall–Kier alpha value is -0.850. The van der Waals surface area contributed by atoms with Crippen molar-refractivity contribution in [3.63, 3.8) is 0 Å². The predicted molar refractivity (Wildman–Crippen MR) is 74.0 cm³/mol. The van der Waals surface area contributed by atoms with Gasteiger partial charge in [0.25, 0.3) is 0 Å². The Morgan fingerprint density at radius 1 is 1.12 bits per heavy atom. The van der Waals surface area contributed by atoms with Gasteiger partial charge in [0.1, 0.15) is 6.29 Å². The molecule has 1 heteroatoms. The monoisotopic (exact) mass is 234 g/mol. The summed E-state index contributed by atoms with van der Waals surface area (Å²) in [5.74, 6) is 0.901. The van der Waals surface area contributed by atoms with E-state index in [-0.39, 0.29) is 0 Å². The van der Waals surface area contributed by atoms with Crippen molar-refractivity contribution in [3.05, 3.63) is 22.8 Å². The Morgan fingerprint density at radius 2 is 1.76 bits per heavy atom. The molecule has 1 aliphatic carbocycles. The Labute approximate surface area is 106 Å². The summed E-state index contributed by atoms with van der Waals surface area (Å²) in [4.78, 5) is 11.0. The highest BCUT2D eigenvalue weighted by molar-refractivity contribution is 5.78. The van der Waals surface area contributed by atoms with Crippen LogP contribution in [-0.2, 0) is 4.79 Å². The second kappa shape index (κ2) is 7.47. The molecule has 0 atom stereocenters. The molecule has 0 unspecified atom stereocenters. The first-order valence-corrected chi connectivity index (χ1v) is 6.93. The molecule has 0 radical (unpaired) electrons. The van der Waals surface area contributed by atoms with E-state index in [4.69, 9.17) is 0 Å². The van der Waals surface area contributed by atoms with Gasteiger partial charge in [0.2, 0.25) is 0 Å². The van der Waals surface area contributed by atoms with Gasteiger partial charge in [-0.2, -0.15) is 0 Å². The average molecular weight is 234 g/mol. The minimum absolute atomic E-state index is 0.890. The first-order valence-electron chi connectivity index (χ1n) is 6.93. The largest absolute Gasteiger partial charge is 0.298 e. The molecule has 1 rings (SSSR count). The van der Waals surface area contributed by atoms with Crippen LogP contribution in [0, 0.1) is 5.92 Å². The molecule has 1 fully saturated rings. The molecule has 0 heterocycles. The molecule has 96 valence electrons. The highest BCUT2D eigenvalue weighted by Gasteiger charge is 2.13. The van der Waals surface area contributed by atoms with Crippen LogP contribution in [0.1, 0.15) is 65.7 Å². The van der Waals surface area contributed by atoms with Gasteiger partial charge in [-0.05, 0) is 39.5 Å². The maximum Gasteiger partial charge on any atom is 0.149 e. The van der Waals surface area contributed by atoms with Crippen LogP contribution in [0.5, 0.6) is 0 Å². The van der Waals surface area contributed by atoms with E-state index in [0.29, 0.717) is 0 Å². The quantitative estimate of drug-likeness (QED) is 0.378. The third kappa shape index (κ3) is 5.34. The fourth-order valence-electron chi connectivity index (χ4n) is 2.61. The standard InChI is InChI=1S/C16H26O/c1-13(2)11-16(12-17)14(3)9-10-15-7-5-4-6-8-15/h11-12,15H,4-10H2,1-3H3/b16-14+. The van der Waals surface area contributed by atoms with E-state index in [1.165, 1.54) is 49.7 Å². The first kappa shape index (κ1) is 14.2. The van der Waals surface area contributed by atoms with Crippen LogP contribution in [-0.4, -0.2) is 6.29 Å². The van der Waals surface area contributed by atoms with Crippen molar-refractivity contribution in [2.75, 3.05) is 0 Å². The Balaban J connectivity index is 2.50. The lowest BCUT2D eigenvalue weighted by Gasteiger charge is -2.21. The number of carbonyl (C=O) groups excluding carboxylic acids is 1. The molecule has 0 aromatic rings. The van der Waals surface area contributed by atoms with Crippen LogP contribution >= 0.6 is 0 Å². The minimum atomic E-state index is 0.890. The Bertz CT molecular complexity index is 299. The summed E-state index contributed by atoms with van der Waals surface area (Å²) in [6.07, 6.45) is 12.4. The van der Waals surface area contributed by atoms with Gasteiger partial charge in [-0.15, -0.1) is 0 Å². The van der Waals surface area contributed by atoms with E-state index in [0.717, 1.165) is 24.2 Å². The maximum atomic E-state index is 11.0. The number of hydrogen-bond donors (Lipinski definition) is 0. The lowest BCUT2D eigenvalue weighted by molar-refractivity contribution is -0.104. The maximum absolute atomic E-state index is 11.0. The zero-order valence-corrected chi connectivity index (χ0v) is 11.6. The van der Waals surface area contributed by atoms with Crippen molar-refractivity contribution in [1.82, 2.24) is 0 Å². The molecule has 0 aromatic carbocycles. The molecule has 0 saturated heterocycles. The molecule has 1 saturated carbocycles. The summed E-state index contributed by atoms with van der Waals surface area (Å²) < 4.78 is 0.